The first-order valence-corrected chi connectivity index (χ1v) is 6.67. The van der Waals surface area contributed by atoms with Crippen LogP contribution in [-0.2, 0) is 11.2 Å². The Morgan fingerprint density at radius 3 is 2.37 bits per heavy atom. The number of rotatable bonds is 6. The number of methoxy groups -OCH3 is 2. The Morgan fingerprint density at radius 1 is 1.42 bits per heavy atom. The van der Waals surface area contributed by atoms with Crippen molar-refractivity contribution < 1.29 is 19.4 Å². The van der Waals surface area contributed by atoms with Crippen molar-refractivity contribution in [3.05, 3.63) is 21.7 Å². The maximum Gasteiger partial charge on any atom is 0.312 e. The number of benzene rings is 1. The van der Waals surface area contributed by atoms with Crippen LogP contribution >= 0.6 is 15.9 Å². The molecule has 0 aliphatic rings. The van der Waals surface area contributed by atoms with E-state index < -0.39 is 11.9 Å². The first-order valence-electron chi connectivity index (χ1n) is 5.87. The Kier molecular flexibility index (Phi) is 5.62. The minimum absolute atomic E-state index is 0.00756. The van der Waals surface area contributed by atoms with E-state index in [-0.39, 0.29) is 6.54 Å². The van der Waals surface area contributed by atoms with Gasteiger partial charge in [-0.15, -0.1) is 0 Å². The fourth-order valence-corrected chi connectivity index (χ4v) is 2.81. The molecule has 0 heterocycles. The molecule has 0 aromatic heterocycles. The van der Waals surface area contributed by atoms with E-state index in [2.05, 4.69) is 15.9 Å². The highest BCUT2D eigenvalue weighted by Gasteiger charge is 2.26. The van der Waals surface area contributed by atoms with Gasteiger partial charge in [0.2, 0.25) is 0 Å². The van der Waals surface area contributed by atoms with Gasteiger partial charge in [0, 0.05) is 12.1 Å². The smallest absolute Gasteiger partial charge is 0.312 e. The minimum atomic E-state index is -0.972. The van der Waals surface area contributed by atoms with Crippen molar-refractivity contribution in [1.29, 1.82) is 0 Å². The second kappa shape index (κ2) is 6.77. The van der Waals surface area contributed by atoms with E-state index in [1.807, 2.05) is 6.92 Å². The Hall–Kier alpha value is -1.27. The molecule has 0 spiro atoms. The summed E-state index contributed by atoms with van der Waals surface area (Å²) in [6.45, 7) is 1.98. The molecule has 0 saturated carbocycles. The molecule has 0 amide bonds. The third kappa shape index (κ3) is 3.01. The number of carboxylic acids is 1. The molecule has 0 bridgehead atoms. The maximum absolute atomic E-state index is 11.3. The van der Waals surface area contributed by atoms with Crippen molar-refractivity contribution in [2.24, 2.45) is 5.73 Å². The van der Waals surface area contributed by atoms with Crippen LogP contribution in [0.5, 0.6) is 11.5 Å². The van der Waals surface area contributed by atoms with Gasteiger partial charge < -0.3 is 20.3 Å². The monoisotopic (exact) mass is 331 g/mol. The molecule has 5 nitrogen and oxygen atoms in total. The fourth-order valence-electron chi connectivity index (χ4n) is 2.00. The van der Waals surface area contributed by atoms with Gasteiger partial charge in [-0.05, 0) is 34.0 Å². The van der Waals surface area contributed by atoms with Gasteiger partial charge in [0.05, 0.1) is 20.1 Å². The lowest BCUT2D eigenvalue weighted by Crippen LogP contribution is -2.22. The second-order valence-corrected chi connectivity index (χ2v) is 4.78. The summed E-state index contributed by atoms with van der Waals surface area (Å²) in [6, 6.07) is 1.79. The average molecular weight is 332 g/mol. The highest BCUT2D eigenvalue weighted by molar-refractivity contribution is 9.10. The standard InChI is InChI=1S/C13H18BrNO4/c1-4-7-5-8(9(6-15)13(16)17)12(19-3)10(14)11(7)18-2/h5,9H,4,6,15H2,1-3H3,(H,16,17). The van der Waals surface area contributed by atoms with Gasteiger partial charge in [-0.25, -0.2) is 0 Å². The van der Waals surface area contributed by atoms with Gasteiger partial charge in [0.15, 0.2) is 0 Å². The van der Waals surface area contributed by atoms with E-state index in [9.17, 15) is 9.90 Å². The molecule has 1 aromatic carbocycles. The van der Waals surface area contributed by atoms with Crippen molar-refractivity contribution in [3.8, 4) is 11.5 Å². The van der Waals surface area contributed by atoms with Crippen molar-refractivity contribution in [2.75, 3.05) is 20.8 Å². The Balaban J connectivity index is 3.54. The van der Waals surface area contributed by atoms with Crippen LogP contribution in [0.3, 0.4) is 0 Å². The minimum Gasteiger partial charge on any atom is -0.495 e. The number of hydrogen-bond donors (Lipinski definition) is 2. The number of aryl methyl sites for hydroxylation is 1. The Labute approximate surface area is 120 Å². The summed E-state index contributed by atoms with van der Waals surface area (Å²) in [6.07, 6.45) is 0.718. The SMILES string of the molecule is CCc1cc(C(CN)C(=O)O)c(OC)c(Br)c1OC. The summed E-state index contributed by atoms with van der Waals surface area (Å²) in [7, 11) is 3.06. The van der Waals surface area contributed by atoms with Gasteiger partial charge >= 0.3 is 5.97 Å². The van der Waals surface area contributed by atoms with Crippen LogP contribution in [0.4, 0.5) is 0 Å². The molecule has 1 unspecified atom stereocenters. The number of ether oxygens (including phenoxy) is 2. The normalized spacial score (nSPS) is 12.1. The Bertz CT molecular complexity index is 476. The molecule has 0 saturated heterocycles. The maximum atomic E-state index is 11.3. The lowest BCUT2D eigenvalue weighted by Gasteiger charge is -2.20. The highest BCUT2D eigenvalue weighted by Crippen LogP contribution is 2.42. The number of halogens is 1. The second-order valence-electron chi connectivity index (χ2n) is 3.99. The lowest BCUT2D eigenvalue weighted by molar-refractivity contribution is -0.138. The van der Waals surface area contributed by atoms with Crippen LogP contribution in [0.15, 0.2) is 10.5 Å². The molecule has 0 radical (unpaired) electrons. The van der Waals surface area contributed by atoms with Crippen LogP contribution in [0, 0.1) is 0 Å². The van der Waals surface area contributed by atoms with Crippen LogP contribution < -0.4 is 15.2 Å². The summed E-state index contributed by atoms with van der Waals surface area (Å²) >= 11 is 3.41. The van der Waals surface area contributed by atoms with E-state index in [1.54, 1.807) is 13.2 Å². The number of aliphatic carboxylic acids is 1. The molecule has 0 fully saturated rings. The largest absolute Gasteiger partial charge is 0.495 e. The zero-order valence-electron chi connectivity index (χ0n) is 11.2. The molecule has 106 valence electrons. The molecular weight excluding hydrogens is 314 g/mol. The van der Waals surface area contributed by atoms with Crippen molar-refractivity contribution in [3.63, 3.8) is 0 Å². The number of hydrogen-bond acceptors (Lipinski definition) is 4. The van der Waals surface area contributed by atoms with Gasteiger partial charge in [0.25, 0.3) is 0 Å². The van der Waals surface area contributed by atoms with Crippen molar-refractivity contribution in [1.82, 2.24) is 0 Å². The van der Waals surface area contributed by atoms with Crippen LogP contribution in [0.1, 0.15) is 24.0 Å². The summed E-state index contributed by atoms with van der Waals surface area (Å²) in [5.74, 6) is -0.668. The third-order valence-corrected chi connectivity index (χ3v) is 3.70. The zero-order valence-corrected chi connectivity index (χ0v) is 12.8. The summed E-state index contributed by atoms with van der Waals surface area (Å²) in [5, 5.41) is 9.25. The van der Waals surface area contributed by atoms with Crippen molar-refractivity contribution in [2.45, 2.75) is 19.3 Å². The molecule has 19 heavy (non-hydrogen) atoms. The summed E-state index contributed by atoms with van der Waals surface area (Å²) in [4.78, 5) is 11.3. The predicted octanol–water partition coefficient (Wildman–Crippen LogP) is 2.16. The van der Waals surface area contributed by atoms with E-state index in [0.717, 1.165) is 12.0 Å². The first-order chi connectivity index (χ1) is 9.01. The van der Waals surface area contributed by atoms with E-state index >= 15 is 0 Å². The number of carbonyl (C=O) groups is 1. The molecule has 3 N–H and O–H groups in total. The van der Waals surface area contributed by atoms with E-state index in [1.165, 1.54) is 7.11 Å². The van der Waals surface area contributed by atoms with Crippen LogP contribution in [0.2, 0.25) is 0 Å². The molecule has 0 aliphatic heterocycles. The molecule has 1 atom stereocenters. The molecular formula is C13H18BrNO4. The average Bonchev–Trinajstić information content (AvgIpc) is 2.38. The predicted molar refractivity (Wildman–Crippen MR) is 76.1 cm³/mol. The first kappa shape index (κ1) is 15.8. The van der Waals surface area contributed by atoms with E-state index in [0.29, 0.717) is 21.5 Å². The van der Waals surface area contributed by atoms with Gasteiger partial charge in [-0.1, -0.05) is 6.92 Å². The number of nitrogens with two attached hydrogens (primary N) is 1. The van der Waals surface area contributed by atoms with Crippen molar-refractivity contribution >= 4 is 21.9 Å². The summed E-state index contributed by atoms with van der Waals surface area (Å²) < 4.78 is 11.3. The quantitative estimate of drug-likeness (QED) is 0.834. The van der Waals surface area contributed by atoms with Gasteiger partial charge in [-0.2, -0.15) is 0 Å². The zero-order chi connectivity index (χ0) is 14.6. The number of carboxylic acid groups (broad SMARTS) is 1. The third-order valence-electron chi connectivity index (χ3n) is 2.98. The van der Waals surface area contributed by atoms with Gasteiger partial charge in [-0.3, -0.25) is 4.79 Å². The molecule has 1 rings (SSSR count). The van der Waals surface area contributed by atoms with E-state index in [4.69, 9.17) is 15.2 Å². The molecule has 0 aliphatic carbocycles. The van der Waals surface area contributed by atoms with Crippen LogP contribution in [0.25, 0.3) is 0 Å². The molecule has 6 heteroatoms. The highest BCUT2D eigenvalue weighted by atomic mass is 79.9. The van der Waals surface area contributed by atoms with Crippen LogP contribution in [-0.4, -0.2) is 31.8 Å². The van der Waals surface area contributed by atoms with Gasteiger partial charge in [0.1, 0.15) is 16.0 Å². The topological polar surface area (TPSA) is 81.8 Å². The summed E-state index contributed by atoms with van der Waals surface area (Å²) in [5.41, 5.74) is 7.02. The molecule has 1 aromatic rings. The Morgan fingerprint density at radius 2 is 2.00 bits per heavy atom. The lowest BCUT2D eigenvalue weighted by atomic mass is 9.95. The fraction of sp³-hybridized carbons (Fsp3) is 0.462.